The van der Waals surface area contributed by atoms with Gasteiger partial charge in [0.15, 0.2) is 5.84 Å². The zero-order valence-corrected chi connectivity index (χ0v) is 11.8. The van der Waals surface area contributed by atoms with Crippen molar-refractivity contribution in [2.75, 3.05) is 11.9 Å². The minimum Gasteiger partial charge on any atom is -0.409 e. The zero-order valence-electron chi connectivity index (χ0n) is 11.8. The van der Waals surface area contributed by atoms with E-state index < -0.39 is 0 Å². The summed E-state index contributed by atoms with van der Waals surface area (Å²) in [6.45, 7) is 4.12. The molecule has 0 fully saturated rings. The number of rotatable bonds is 3. The second-order valence-electron chi connectivity index (χ2n) is 4.77. The Morgan fingerprint density at radius 3 is 2.45 bits per heavy atom. The van der Waals surface area contributed by atoms with Gasteiger partial charge in [-0.15, -0.1) is 0 Å². The van der Waals surface area contributed by atoms with Crippen molar-refractivity contribution >= 4 is 17.3 Å². The van der Waals surface area contributed by atoms with Crippen LogP contribution in [0.1, 0.15) is 16.8 Å². The molecule has 0 bridgehead atoms. The highest BCUT2D eigenvalue weighted by Crippen LogP contribution is 2.24. The normalized spacial score (nSPS) is 11.4. The van der Waals surface area contributed by atoms with Crippen molar-refractivity contribution in [2.45, 2.75) is 13.8 Å². The largest absolute Gasteiger partial charge is 0.409 e. The Balaban J connectivity index is 2.40. The van der Waals surface area contributed by atoms with Gasteiger partial charge in [-0.2, -0.15) is 0 Å². The third-order valence-electron chi connectivity index (χ3n) is 3.04. The van der Waals surface area contributed by atoms with Crippen molar-refractivity contribution in [2.24, 2.45) is 10.9 Å². The lowest BCUT2D eigenvalue weighted by molar-refractivity contribution is 0.318. The van der Waals surface area contributed by atoms with Crippen LogP contribution in [0.25, 0.3) is 0 Å². The molecular weight excluding hydrogens is 252 g/mol. The van der Waals surface area contributed by atoms with Crippen LogP contribution < -0.4 is 10.6 Å². The summed E-state index contributed by atoms with van der Waals surface area (Å²) in [5, 5.41) is 11.7. The molecule has 1 heterocycles. The van der Waals surface area contributed by atoms with E-state index in [9.17, 15) is 0 Å². The number of benzene rings is 1. The highest BCUT2D eigenvalue weighted by molar-refractivity contribution is 5.95. The highest BCUT2D eigenvalue weighted by atomic mass is 16.4. The summed E-state index contributed by atoms with van der Waals surface area (Å²) in [7, 11) is 1.94. The molecule has 3 N–H and O–H groups in total. The van der Waals surface area contributed by atoms with Crippen molar-refractivity contribution in [3.63, 3.8) is 0 Å². The number of aryl methyl sites for hydroxylation is 2. The number of aromatic nitrogens is 1. The summed E-state index contributed by atoms with van der Waals surface area (Å²) < 4.78 is 0. The van der Waals surface area contributed by atoms with Gasteiger partial charge in [0.1, 0.15) is 11.5 Å². The third-order valence-corrected chi connectivity index (χ3v) is 3.04. The molecule has 20 heavy (non-hydrogen) atoms. The van der Waals surface area contributed by atoms with E-state index in [0.717, 1.165) is 11.5 Å². The van der Waals surface area contributed by atoms with E-state index in [2.05, 4.69) is 42.2 Å². The Bertz CT molecular complexity index is 632. The van der Waals surface area contributed by atoms with Gasteiger partial charge in [0.2, 0.25) is 0 Å². The molecule has 2 aromatic rings. The smallest absolute Gasteiger partial charge is 0.188 e. The fraction of sp³-hybridized carbons (Fsp3) is 0.200. The second-order valence-corrected chi connectivity index (χ2v) is 4.77. The summed E-state index contributed by atoms with van der Waals surface area (Å²) in [5.74, 6) is 0.736. The van der Waals surface area contributed by atoms with Crippen molar-refractivity contribution in [3.05, 3.63) is 53.2 Å². The van der Waals surface area contributed by atoms with Crippen LogP contribution in [0.15, 0.2) is 41.6 Å². The van der Waals surface area contributed by atoms with Gasteiger partial charge < -0.3 is 15.8 Å². The van der Waals surface area contributed by atoms with Gasteiger partial charge in [0.25, 0.3) is 0 Å². The Labute approximate surface area is 118 Å². The lowest BCUT2D eigenvalue weighted by Gasteiger charge is -2.20. The predicted octanol–water partition coefficient (Wildman–Crippen LogP) is 2.56. The van der Waals surface area contributed by atoms with Crippen LogP contribution in [0.4, 0.5) is 11.5 Å². The molecule has 0 amide bonds. The predicted molar refractivity (Wildman–Crippen MR) is 80.7 cm³/mol. The average Bonchev–Trinajstić information content (AvgIpc) is 2.44. The molecule has 0 spiro atoms. The molecule has 2 rings (SSSR count). The van der Waals surface area contributed by atoms with Crippen LogP contribution in [-0.4, -0.2) is 23.1 Å². The van der Waals surface area contributed by atoms with Crippen LogP contribution >= 0.6 is 0 Å². The minimum absolute atomic E-state index is 0.000623. The minimum atomic E-state index is 0.000623. The van der Waals surface area contributed by atoms with Gasteiger partial charge >= 0.3 is 0 Å². The van der Waals surface area contributed by atoms with Crippen molar-refractivity contribution in [1.82, 2.24) is 4.98 Å². The molecule has 0 aliphatic heterocycles. The van der Waals surface area contributed by atoms with Crippen molar-refractivity contribution < 1.29 is 5.21 Å². The van der Waals surface area contributed by atoms with Crippen molar-refractivity contribution in [3.8, 4) is 0 Å². The first-order chi connectivity index (χ1) is 9.51. The van der Waals surface area contributed by atoms with Crippen LogP contribution in [0.2, 0.25) is 0 Å². The molecule has 0 aliphatic carbocycles. The van der Waals surface area contributed by atoms with E-state index in [4.69, 9.17) is 10.9 Å². The number of oxime groups is 1. The Hall–Kier alpha value is -2.56. The number of amidine groups is 1. The van der Waals surface area contributed by atoms with E-state index in [-0.39, 0.29) is 5.84 Å². The Morgan fingerprint density at radius 1 is 1.20 bits per heavy atom. The van der Waals surface area contributed by atoms with Gasteiger partial charge in [-0.25, -0.2) is 4.98 Å². The van der Waals surface area contributed by atoms with E-state index >= 15 is 0 Å². The van der Waals surface area contributed by atoms with E-state index in [1.54, 1.807) is 6.07 Å². The van der Waals surface area contributed by atoms with Crippen LogP contribution in [0.3, 0.4) is 0 Å². The second kappa shape index (κ2) is 5.61. The summed E-state index contributed by atoms with van der Waals surface area (Å²) in [6, 6.07) is 11.7. The summed E-state index contributed by atoms with van der Waals surface area (Å²) in [5.41, 5.74) is 9.45. The van der Waals surface area contributed by atoms with E-state index in [1.165, 1.54) is 11.1 Å². The number of nitrogens with zero attached hydrogens (tertiary/aromatic N) is 3. The topological polar surface area (TPSA) is 74.7 Å². The Kier molecular flexibility index (Phi) is 3.89. The van der Waals surface area contributed by atoms with E-state index in [0.29, 0.717) is 5.69 Å². The SMILES string of the molecule is Cc1cc(C)cc(N(C)c2cccc(C(N)=NO)n2)c1. The molecule has 0 atom stereocenters. The molecule has 5 nitrogen and oxygen atoms in total. The fourth-order valence-corrected chi connectivity index (χ4v) is 2.08. The number of hydrogen-bond acceptors (Lipinski definition) is 4. The lowest BCUT2D eigenvalue weighted by atomic mass is 10.1. The first-order valence-electron chi connectivity index (χ1n) is 6.28. The molecule has 0 unspecified atom stereocenters. The quantitative estimate of drug-likeness (QED) is 0.389. The Morgan fingerprint density at radius 2 is 1.85 bits per heavy atom. The van der Waals surface area contributed by atoms with Crippen LogP contribution in [-0.2, 0) is 0 Å². The van der Waals surface area contributed by atoms with Gasteiger partial charge in [-0.3, -0.25) is 0 Å². The van der Waals surface area contributed by atoms with Gasteiger partial charge in [0.05, 0.1) is 0 Å². The molecule has 104 valence electrons. The third kappa shape index (κ3) is 2.88. The van der Waals surface area contributed by atoms with Crippen LogP contribution in [0, 0.1) is 13.8 Å². The van der Waals surface area contributed by atoms with Crippen LogP contribution in [0.5, 0.6) is 0 Å². The standard InChI is InChI=1S/C15H18N4O/c1-10-7-11(2)9-12(8-10)19(3)14-6-4-5-13(17-14)15(16)18-20/h4-9,20H,1-3H3,(H2,16,18). The van der Waals surface area contributed by atoms with Gasteiger partial charge in [0, 0.05) is 12.7 Å². The first-order valence-corrected chi connectivity index (χ1v) is 6.28. The monoisotopic (exact) mass is 270 g/mol. The maximum atomic E-state index is 8.72. The molecule has 5 heteroatoms. The number of hydrogen-bond donors (Lipinski definition) is 2. The maximum Gasteiger partial charge on any atom is 0.188 e. The molecule has 0 aliphatic rings. The summed E-state index contributed by atoms with van der Waals surface area (Å²) in [4.78, 5) is 6.36. The lowest BCUT2D eigenvalue weighted by Crippen LogP contribution is -2.18. The number of pyridine rings is 1. The average molecular weight is 270 g/mol. The van der Waals surface area contributed by atoms with Gasteiger partial charge in [-0.05, 0) is 49.2 Å². The molecule has 1 aromatic carbocycles. The first kappa shape index (κ1) is 13.9. The fourth-order valence-electron chi connectivity index (χ4n) is 2.08. The molecular formula is C15H18N4O. The molecule has 0 saturated carbocycles. The zero-order chi connectivity index (χ0) is 14.7. The highest BCUT2D eigenvalue weighted by Gasteiger charge is 2.09. The molecule has 0 saturated heterocycles. The van der Waals surface area contributed by atoms with Crippen molar-refractivity contribution in [1.29, 1.82) is 0 Å². The summed E-state index contributed by atoms with van der Waals surface area (Å²) in [6.07, 6.45) is 0. The number of anilines is 2. The van der Waals surface area contributed by atoms with E-state index in [1.807, 2.05) is 24.1 Å². The molecule has 0 radical (unpaired) electrons. The number of nitrogens with two attached hydrogens (primary N) is 1. The van der Waals surface area contributed by atoms with Gasteiger partial charge in [-0.1, -0.05) is 17.3 Å². The maximum absolute atomic E-state index is 8.72. The summed E-state index contributed by atoms with van der Waals surface area (Å²) >= 11 is 0. The molecule has 1 aromatic heterocycles.